The number of Topliss-reactive ketones (excluding diaryl/α,β-unsaturated/α-hetero) is 2. The largest absolute Gasteiger partial charge is 0.391 e. The van der Waals surface area contributed by atoms with Crippen molar-refractivity contribution in [3.8, 4) is 0 Å². The number of hydrogen-bond donors (Lipinski definition) is 3. The van der Waals surface area contributed by atoms with Gasteiger partial charge in [0.1, 0.15) is 18.1 Å². The summed E-state index contributed by atoms with van der Waals surface area (Å²) < 4.78 is 12.3. The van der Waals surface area contributed by atoms with Crippen LogP contribution in [-0.2, 0) is 14.2 Å². The van der Waals surface area contributed by atoms with Crippen molar-refractivity contribution >= 4 is 19.2 Å². The Bertz CT molecular complexity index is 595. The van der Waals surface area contributed by atoms with Crippen LogP contribution < -0.4 is 0 Å². The lowest BCUT2D eigenvalue weighted by atomic mass is 9.93. The number of quaternary nitrogens is 1. The molecule has 0 bridgehead atoms. The first-order valence-electron chi connectivity index (χ1n) is 15.9. The van der Waals surface area contributed by atoms with E-state index in [4.69, 9.17) is 5.11 Å². The van der Waals surface area contributed by atoms with Crippen LogP contribution in [0.25, 0.3) is 0 Å². The van der Waals surface area contributed by atoms with Crippen LogP contribution in [0.15, 0.2) is 0 Å². The summed E-state index contributed by atoms with van der Waals surface area (Å²) in [6.45, 7) is 5.53. The van der Waals surface area contributed by atoms with Crippen LogP contribution in [0.4, 0.5) is 0 Å². The Morgan fingerprint density at radius 3 is 1.15 bits per heavy atom. The van der Waals surface area contributed by atoms with Crippen LogP contribution in [0.2, 0.25) is 0 Å². The summed E-state index contributed by atoms with van der Waals surface area (Å²) in [7, 11) is 1.76. The second kappa shape index (κ2) is 26.3. The van der Waals surface area contributed by atoms with Crippen LogP contribution >= 0.6 is 7.60 Å². The minimum Gasteiger partial charge on any atom is -0.391 e. The van der Waals surface area contributed by atoms with E-state index in [1.165, 1.54) is 77.0 Å². The predicted molar refractivity (Wildman–Crippen MR) is 164 cm³/mol. The van der Waals surface area contributed by atoms with E-state index in [9.17, 15) is 23.9 Å². The molecule has 7 nitrogen and oxygen atoms in total. The number of carbonyl (C=O) groups is 2. The normalized spacial score (nSPS) is 11.9. The molecule has 0 aromatic carbocycles. The minimum atomic E-state index is -4.40. The zero-order chi connectivity index (χ0) is 30.0. The highest BCUT2D eigenvalue weighted by molar-refractivity contribution is 7.51. The summed E-state index contributed by atoms with van der Waals surface area (Å²) in [6, 6.07) is 0. The smallest absolute Gasteiger partial charge is 0.326 e. The van der Waals surface area contributed by atoms with Gasteiger partial charge in [0.15, 0.2) is 0 Å². The number of rotatable bonds is 26. The maximum Gasteiger partial charge on any atom is 0.326 e. The first-order chi connectivity index (χ1) is 18.4. The van der Waals surface area contributed by atoms with E-state index < -0.39 is 19.7 Å². The van der Waals surface area contributed by atoms with Gasteiger partial charge in [0, 0.05) is 12.8 Å². The van der Waals surface area contributed by atoms with Crippen molar-refractivity contribution < 1.29 is 33.5 Å². The first-order valence-corrected chi connectivity index (χ1v) is 17.7. The van der Waals surface area contributed by atoms with Gasteiger partial charge in [-0.1, -0.05) is 117 Å². The van der Waals surface area contributed by atoms with E-state index in [1.54, 1.807) is 0 Å². The zero-order valence-corrected chi connectivity index (χ0v) is 27.2. The Balaban J connectivity index is 0. The lowest BCUT2D eigenvalue weighted by Gasteiger charge is -2.21. The van der Waals surface area contributed by atoms with Crippen molar-refractivity contribution in [2.75, 3.05) is 40.5 Å². The van der Waals surface area contributed by atoms with Crippen LogP contribution in [0, 0.1) is 5.92 Å². The molecule has 0 amide bonds. The molecule has 0 atom stereocenters. The van der Waals surface area contributed by atoms with Gasteiger partial charge in [0.2, 0.25) is 0 Å². The molecule has 234 valence electrons. The lowest BCUT2D eigenvalue weighted by Crippen LogP contribution is -2.36. The molecule has 8 heteroatoms. The lowest BCUT2D eigenvalue weighted by molar-refractivity contribution is -0.870. The van der Waals surface area contributed by atoms with Crippen molar-refractivity contribution in [2.24, 2.45) is 5.92 Å². The number of aliphatic hydroxyl groups excluding tert-OH is 1. The average Bonchev–Trinajstić information content (AvgIpc) is 2.84. The number of ketones is 2. The summed E-state index contributed by atoms with van der Waals surface area (Å²) >= 11 is 0. The predicted octanol–water partition coefficient (Wildman–Crippen LogP) is 7.45. The topological polar surface area (TPSA) is 112 Å². The number of carbonyl (C=O) groups excluding carboxylic acids is 2. The fourth-order valence-electron chi connectivity index (χ4n) is 4.49. The minimum absolute atomic E-state index is 0.254. The molecule has 3 N–H and O–H groups in total. The van der Waals surface area contributed by atoms with Crippen molar-refractivity contribution in [1.29, 1.82) is 0 Å². The van der Waals surface area contributed by atoms with Gasteiger partial charge in [0.25, 0.3) is 0 Å². The second-order valence-corrected chi connectivity index (χ2v) is 13.9. The Hall–Kier alpha value is -0.590. The van der Waals surface area contributed by atoms with Gasteiger partial charge in [-0.3, -0.25) is 14.2 Å². The van der Waals surface area contributed by atoms with E-state index in [-0.39, 0.29) is 31.0 Å². The molecule has 39 heavy (non-hydrogen) atoms. The summed E-state index contributed by atoms with van der Waals surface area (Å²) in [4.78, 5) is 43.8. The van der Waals surface area contributed by atoms with Crippen molar-refractivity contribution in [2.45, 2.75) is 142 Å². The summed E-state index contributed by atoms with van der Waals surface area (Å²) in [5.41, 5.74) is 0. The molecule has 0 aliphatic rings. The third-order valence-electron chi connectivity index (χ3n) is 7.02. The van der Waals surface area contributed by atoms with Gasteiger partial charge in [-0.25, -0.2) is 0 Å². The number of unbranched alkanes of at least 4 members (excludes halogenated alkanes) is 16. The highest BCUT2D eigenvalue weighted by Gasteiger charge is 2.32. The molecule has 0 rings (SSSR count). The summed E-state index contributed by atoms with van der Waals surface area (Å²) in [5.74, 6) is -1.69. The highest BCUT2D eigenvalue weighted by atomic mass is 31.2. The average molecular weight is 579 g/mol. The monoisotopic (exact) mass is 578 g/mol. The van der Waals surface area contributed by atoms with Crippen molar-refractivity contribution in [3.63, 3.8) is 0 Å². The first kappa shape index (κ1) is 40.5. The van der Waals surface area contributed by atoms with Gasteiger partial charge in [-0.05, 0) is 12.8 Å². The Morgan fingerprint density at radius 2 is 0.923 bits per heavy atom. The van der Waals surface area contributed by atoms with E-state index in [2.05, 4.69) is 35.0 Å². The number of hydrogen-bond acceptors (Lipinski definition) is 4. The van der Waals surface area contributed by atoms with Crippen LogP contribution in [0.5, 0.6) is 0 Å². The third kappa shape index (κ3) is 31.8. The third-order valence-corrected chi connectivity index (χ3v) is 7.86. The van der Waals surface area contributed by atoms with Crippen molar-refractivity contribution in [1.82, 2.24) is 0 Å². The van der Waals surface area contributed by atoms with Crippen LogP contribution in [-0.4, -0.2) is 71.4 Å². The Morgan fingerprint density at radius 1 is 0.615 bits per heavy atom. The molecule has 0 heterocycles. The molecule has 0 spiro atoms. The Labute approximate surface area is 241 Å². The van der Waals surface area contributed by atoms with E-state index in [1.807, 2.05) is 0 Å². The number of aliphatic hydroxyl groups is 1. The van der Waals surface area contributed by atoms with Crippen molar-refractivity contribution in [3.05, 3.63) is 0 Å². The Kier molecular flexibility index (Phi) is 27.4. The standard InChI is InChI=1S/C26H51O5P.C5H14NO/c1-3-5-7-9-11-13-15-17-19-21-25(27)24(23-32(29,30)31)26(28)22-20-18-16-14-12-10-8-6-4-2;1-6(2,3)4-5-7/h24H,3-23H2,1-2H3,(H2,29,30,31);7H,4-5H2,1-3H3/q;+1. The van der Waals surface area contributed by atoms with Gasteiger partial charge < -0.3 is 19.4 Å². The molecule has 0 aliphatic carbocycles. The number of nitrogens with zero attached hydrogens (tertiary/aromatic N) is 1. The fraction of sp³-hybridized carbons (Fsp3) is 0.935. The molecule has 0 aromatic heterocycles. The fourth-order valence-corrected chi connectivity index (χ4v) is 5.37. The van der Waals surface area contributed by atoms with Crippen LogP contribution in [0.1, 0.15) is 142 Å². The molecule has 0 saturated heterocycles. The maximum absolute atomic E-state index is 12.6. The molecule has 0 aromatic rings. The molecule has 0 saturated carbocycles. The molecular weight excluding hydrogens is 513 g/mol. The van der Waals surface area contributed by atoms with E-state index in [0.29, 0.717) is 12.8 Å². The molecule has 0 radical (unpaired) electrons. The molecule has 0 unspecified atom stereocenters. The molecule has 0 aliphatic heterocycles. The van der Waals surface area contributed by atoms with E-state index in [0.717, 1.165) is 36.7 Å². The SMILES string of the molecule is CCCCCCCCCCCC(=O)C(CP(=O)(O)O)C(=O)CCCCCCCCCCC.C[N+](C)(C)CCO. The molecular formula is C31H65NO6P+. The highest BCUT2D eigenvalue weighted by Crippen LogP contribution is 2.38. The number of likely N-dealkylation sites (N-methyl/N-ethyl adjacent to an activating group) is 1. The quantitative estimate of drug-likeness (QED) is 0.0425. The van der Waals surface area contributed by atoms with Gasteiger partial charge >= 0.3 is 7.60 Å². The van der Waals surface area contributed by atoms with Gasteiger partial charge in [-0.2, -0.15) is 0 Å². The maximum atomic E-state index is 12.6. The van der Waals surface area contributed by atoms with E-state index >= 15 is 0 Å². The molecule has 0 fully saturated rings. The van der Waals surface area contributed by atoms with Crippen LogP contribution in [0.3, 0.4) is 0 Å². The second-order valence-electron chi connectivity index (χ2n) is 12.2. The van der Waals surface area contributed by atoms with Gasteiger partial charge in [-0.15, -0.1) is 0 Å². The summed E-state index contributed by atoms with van der Waals surface area (Å²) in [5, 5.41) is 8.39. The summed E-state index contributed by atoms with van der Waals surface area (Å²) in [6.07, 6.45) is 20.3. The van der Waals surface area contributed by atoms with Gasteiger partial charge in [0.05, 0.1) is 39.8 Å². The zero-order valence-electron chi connectivity index (χ0n) is 26.3.